The molecule has 2 aromatic heterocycles. The summed E-state index contributed by atoms with van der Waals surface area (Å²) in [5.41, 5.74) is 4.49. The van der Waals surface area contributed by atoms with Crippen LogP contribution in [0.1, 0.15) is 18.2 Å². The predicted molar refractivity (Wildman–Crippen MR) is 132 cm³/mol. The topological polar surface area (TPSA) is 93.6 Å². The van der Waals surface area contributed by atoms with E-state index in [2.05, 4.69) is 30.6 Å². The average Bonchev–Trinajstić information content (AvgIpc) is 2.82. The smallest absolute Gasteiger partial charge is 0.288 e. The van der Waals surface area contributed by atoms with Gasteiger partial charge >= 0.3 is 0 Å². The summed E-state index contributed by atoms with van der Waals surface area (Å²) in [6.07, 6.45) is 3.27. The van der Waals surface area contributed by atoms with E-state index in [1.807, 2.05) is 69.3 Å². The number of aromatic nitrogens is 3. The molecule has 0 amide bonds. The van der Waals surface area contributed by atoms with Crippen molar-refractivity contribution in [3.63, 3.8) is 0 Å². The lowest BCUT2D eigenvalue weighted by molar-refractivity contribution is 0.400. The summed E-state index contributed by atoms with van der Waals surface area (Å²) >= 11 is 0. The molecular weight excluding hydrogens is 416 g/mol. The van der Waals surface area contributed by atoms with E-state index in [1.165, 1.54) is 0 Å². The number of benzene rings is 2. The van der Waals surface area contributed by atoms with Crippen molar-refractivity contribution in [2.45, 2.75) is 20.8 Å². The summed E-state index contributed by atoms with van der Waals surface area (Å²) in [5, 5.41) is 7.45. The van der Waals surface area contributed by atoms with E-state index >= 15 is 0 Å². The Balaban J connectivity index is 1.57. The first-order chi connectivity index (χ1) is 16.1. The van der Waals surface area contributed by atoms with Gasteiger partial charge in [0, 0.05) is 29.0 Å². The van der Waals surface area contributed by atoms with Crippen molar-refractivity contribution in [3.8, 4) is 11.5 Å². The first-order valence-corrected chi connectivity index (χ1v) is 10.6. The maximum Gasteiger partial charge on any atom is 0.288 e. The Morgan fingerprint density at radius 2 is 1.82 bits per heavy atom. The van der Waals surface area contributed by atoms with Crippen molar-refractivity contribution in [3.05, 3.63) is 72.3 Å². The van der Waals surface area contributed by atoms with Crippen LogP contribution in [0.2, 0.25) is 0 Å². The molecule has 8 nitrogen and oxygen atoms in total. The second-order valence-corrected chi connectivity index (χ2v) is 7.41. The molecule has 2 aromatic carbocycles. The van der Waals surface area contributed by atoms with Gasteiger partial charge in [-0.05, 0) is 74.9 Å². The Morgan fingerprint density at radius 3 is 2.55 bits per heavy atom. The first-order valence-electron chi connectivity index (χ1n) is 10.6. The molecule has 0 bridgehead atoms. The standard InChI is InChI=1S/C25H26N6O2/c1-5-26-25(32-4)31-19-7-10-22-21(13-19)24(29-15-28-22)30-18-8-11-23(16(2)12-18)33-20-9-6-17(3)27-14-20/h6-15H,5H2,1-4H3,(H,26,31)(H,28,29,30). The minimum Gasteiger partial charge on any atom is -0.468 e. The van der Waals surface area contributed by atoms with E-state index in [0.29, 0.717) is 24.1 Å². The number of hydrogen-bond acceptors (Lipinski definition) is 7. The van der Waals surface area contributed by atoms with Crippen LogP contribution in [0, 0.1) is 13.8 Å². The second kappa shape index (κ2) is 9.95. The van der Waals surface area contributed by atoms with Gasteiger partial charge in [-0.3, -0.25) is 4.98 Å². The van der Waals surface area contributed by atoms with Crippen LogP contribution < -0.4 is 15.4 Å². The number of rotatable bonds is 6. The third kappa shape index (κ3) is 5.35. The first kappa shape index (κ1) is 22.0. The Morgan fingerprint density at radius 1 is 0.970 bits per heavy atom. The van der Waals surface area contributed by atoms with E-state index in [0.717, 1.165) is 39.3 Å². The Kier molecular flexibility index (Phi) is 6.64. The lowest BCUT2D eigenvalue weighted by atomic mass is 10.1. The molecule has 4 aromatic rings. The highest BCUT2D eigenvalue weighted by molar-refractivity contribution is 5.96. The minimum absolute atomic E-state index is 0.457. The third-order valence-electron chi connectivity index (χ3n) is 4.93. The summed E-state index contributed by atoms with van der Waals surface area (Å²) in [5.74, 6) is 2.17. The van der Waals surface area contributed by atoms with Gasteiger partial charge in [-0.2, -0.15) is 0 Å². The van der Waals surface area contributed by atoms with E-state index in [4.69, 9.17) is 9.47 Å². The van der Waals surface area contributed by atoms with Crippen molar-refractivity contribution in [1.82, 2.24) is 15.0 Å². The van der Waals surface area contributed by atoms with Crippen LogP contribution in [-0.4, -0.2) is 34.6 Å². The van der Waals surface area contributed by atoms with Gasteiger partial charge in [-0.15, -0.1) is 0 Å². The SMILES string of the molecule is CCN=C(Nc1ccc2ncnc(Nc3ccc(Oc4ccc(C)nc4)c(C)c3)c2c1)OC. The van der Waals surface area contributed by atoms with Crippen LogP contribution >= 0.6 is 0 Å². The summed E-state index contributed by atoms with van der Waals surface area (Å²) in [6.45, 7) is 6.52. The molecule has 0 saturated heterocycles. The number of aryl methyl sites for hydroxylation is 2. The maximum absolute atomic E-state index is 5.98. The van der Waals surface area contributed by atoms with E-state index in [9.17, 15) is 0 Å². The molecule has 0 radical (unpaired) electrons. The maximum atomic E-state index is 5.98. The number of aliphatic imine (C=N–C) groups is 1. The van der Waals surface area contributed by atoms with Gasteiger partial charge in [0.2, 0.25) is 0 Å². The molecular formula is C25H26N6O2. The largest absolute Gasteiger partial charge is 0.468 e. The number of pyridine rings is 1. The van der Waals surface area contributed by atoms with Gasteiger partial charge in [-0.25, -0.2) is 15.0 Å². The summed E-state index contributed by atoms with van der Waals surface area (Å²) in [6, 6.07) is 16.0. The van der Waals surface area contributed by atoms with Crippen LogP contribution in [0.25, 0.3) is 10.9 Å². The fraction of sp³-hybridized carbons (Fsp3) is 0.200. The molecule has 0 atom stereocenters. The molecule has 0 aliphatic heterocycles. The zero-order valence-electron chi connectivity index (χ0n) is 19.1. The van der Waals surface area contributed by atoms with Crippen LogP contribution in [-0.2, 0) is 4.74 Å². The van der Waals surface area contributed by atoms with Gasteiger partial charge < -0.3 is 20.1 Å². The quantitative estimate of drug-likeness (QED) is 0.296. The van der Waals surface area contributed by atoms with Crippen molar-refractivity contribution in [1.29, 1.82) is 0 Å². The highest BCUT2D eigenvalue weighted by Gasteiger charge is 2.09. The number of hydrogen-bond donors (Lipinski definition) is 2. The van der Waals surface area contributed by atoms with E-state index < -0.39 is 0 Å². The molecule has 8 heteroatoms. The number of fused-ring (bicyclic) bond motifs is 1. The number of amidine groups is 1. The van der Waals surface area contributed by atoms with Crippen molar-refractivity contribution < 1.29 is 9.47 Å². The molecule has 2 N–H and O–H groups in total. The molecule has 4 rings (SSSR count). The van der Waals surface area contributed by atoms with Crippen LogP contribution in [0.5, 0.6) is 11.5 Å². The summed E-state index contributed by atoms with van der Waals surface area (Å²) < 4.78 is 11.3. The fourth-order valence-corrected chi connectivity index (χ4v) is 3.28. The molecule has 0 aliphatic rings. The molecule has 0 spiro atoms. The Labute approximate surface area is 192 Å². The lowest BCUT2D eigenvalue weighted by Crippen LogP contribution is -2.14. The number of methoxy groups -OCH3 is 1. The second-order valence-electron chi connectivity index (χ2n) is 7.41. The molecule has 0 unspecified atom stereocenters. The van der Waals surface area contributed by atoms with E-state index in [-0.39, 0.29) is 0 Å². The number of ether oxygens (including phenoxy) is 2. The minimum atomic E-state index is 0.457. The fourth-order valence-electron chi connectivity index (χ4n) is 3.28. The molecule has 33 heavy (non-hydrogen) atoms. The van der Waals surface area contributed by atoms with E-state index in [1.54, 1.807) is 19.6 Å². The van der Waals surface area contributed by atoms with Gasteiger partial charge in [0.05, 0.1) is 18.8 Å². The molecule has 0 saturated carbocycles. The summed E-state index contributed by atoms with van der Waals surface area (Å²) in [4.78, 5) is 17.4. The predicted octanol–water partition coefficient (Wildman–Crippen LogP) is 5.61. The summed E-state index contributed by atoms with van der Waals surface area (Å²) in [7, 11) is 1.59. The third-order valence-corrected chi connectivity index (χ3v) is 4.93. The van der Waals surface area contributed by atoms with Gasteiger partial charge in [0.25, 0.3) is 6.02 Å². The Bertz CT molecular complexity index is 1290. The zero-order chi connectivity index (χ0) is 23.2. The van der Waals surface area contributed by atoms with Crippen LogP contribution in [0.15, 0.2) is 66.0 Å². The monoisotopic (exact) mass is 442 g/mol. The average molecular weight is 443 g/mol. The highest BCUT2D eigenvalue weighted by Crippen LogP contribution is 2.30. The number of nitrogens with one attached hydrogen (secondary N) is 2. The zero-order valence-corrected chi connectivity index (χ0v) is 19.1. The normalized spacial score (nSPS) is 11.3. The van der Waals surface area contributed by atoms with Crippen LogP contribution in [0.4, 0.5) is 17.2 Å². The van der Waals surface area contributed by atoms with Gasteiger partial charge in [0.1, 0.15) is 23.6 Å². The van der Waals surface area contributed by atoms with Crippen molar-refractivity contribution >= 4 is 34.1 Å². The van der Waals surface area contributed by atoms with Gasteiger partial charge in [-0.1, -0.05) is 0 Å². The van der Waals surface area contributed by atoms with Crippen LogP contribution in [0.3, 0.4) is 0 Å². The number of anilines is 3. The molecule has 0 aliphatic carbocycles. The van der Waals surface area contributed by atoms with Crippen molar-refractivity contribution in [2.75, 3.05) is 24.3 Å². The molecule has 168 valence electrons. The lowest BCUT2D eigenvalue weighted by Gasteiger charge is -2.13. The highest BCUT2D eigenvalue weighted by atomic mass is 16.5. The molecule has 2 heterocycles. The van der Waals surface area contributed by atoms with Crippen molar-refractivity contribution in [2.24, 2.45) is 4.99 Å². The Hall–Kier alpha value is -4.20. The molecule has 0 fully saturated rings. The van der Waals surface area contributed by atoms with Gasteiger partial charge in [0.15, 0.2) is 0 Å². The number of nitrogens with zero attached hydrogens (tertiary/aromatic N) is 4.